The first-order valence-corrected chi connectivity index (χ1v) is 8.11. The van der Waals surface area contributed by atoms with E-state index >= 15 is 0 Å². The normalized spacial score (nSPS) is 10.6. The van der Waals surface area contributed by atoms with Crippen LogP contribution in [0.25, 0.3) is 0 Å². The van der Waals surface area contributed by atoms with Crippen LogP contribution in [0.3, 0.4) is 0 Å². The van der Waals surface area contributed by atoms with Gasteiger partial charge in [-0.05, 0) is 32.4 Å². The van der Waals surface area contributed by atoms with Gasteiger partial charge in [0.15, 0.2) is 0 Å². The Hall–Kier alpha value is -2.58. The van der Waals surface area contributed by atoms with Crippen molar-refractivity contribution in [2.24, 2.45) is 0 Å². The monoisotopic (exact) mass is 325 g/mol. The molecule has 1 N–H and O–H groups in total. The van der Waals surface area contributed by atoms with Crippen molar-refractivity contribution in [1.82, 2.24) is 4.90 Å². The summed E-state index contributed by atoms with van der Waals surface area (Å²) >= 11 is 0. The van der Waals surface area contributed by atoms with E-state index < -0.39 is 0 Å². The number of carbonyl (C=O) groups excluding carboxylic acids is 1. The van der Waals surface area contributed by atoms with Gasteiger partial charge in [0.25, 0.3) is 0 Å². The highest BCUT2D eigenvalue weighted by atomic mass is 16.4. The summed E-state index contributed by atoms with van der Waals surface area (Å²) < 4.78 is 5.49. The molecule has 0 saturated heterocycles. The quantitative estimate of drug-likeness (QED) is 0.844. The van der Waals surface area contributed by atoms with Crippen LogP contribution in [0.15, 0.2) is 34.7 Å². The number of nitrogens with one attached hydrogen (secondary N) is 1. The lowest BCUT2D eigenvalue weighted by Gasteiger charge is -2.21. The van der Waals surface area contributed by atoms with Crippen LogP contribution in [-0.4, -0.2) is 23.9 Å². The first-order chi connectivity index (χ1) is 11.5. The average Bonchev–Trinajstić information content (AvgIpc) is 2.82. The summed E-state index contributed by atoms with van der Waals surface area (Å²) in [6.45, 7) is 7.47. The number of hydrogen-bond donors (Lipinski definition) is 1. The Morgan fingerprint density at radius 3 is 2.62 bits per heavy atom. The number of amides is 1. The molecule has 126 valence electrons. The van der Waals surface area contributed by atoms with Crippen molar-refractivity contribution in [2.45, 2.75) is 33.7 Å². The van der Waals surface area contributed by atoms with Gasteiger partial charge < -0.3 is 4.42 Å². The third kappa shape index (κ3) is 4.46. The smallest absolute Gasteiger partial charge is 0.240 e. The lowest BCUT2D eigenvalue weighted by atomic mass is 10.2. The molecule has 0 atom stereocenters. The van der Waals surface area contributed by atoms with Gasteiger partial charge in [-0.25, -0.2) is 0 Å². The van der Waals surface area contributed by atoms with Crippen molar-refractivity contribution in [3.63, 3.8) is 0 Å². The molecule has 5 heteroatoms. The highest BCUT2D eigenvalue weighted by molar-refractivity contribution is 5.92. The van der Waals surface area contributed by atoms with E-state index in [4.69, 9.17) is 4.42 Å². The molecule has 0 radical (unpaired) electrons. The van der Waals surface area contributed by atoms with E-state index in [0.717, 1.165) is 18.5 Å². The molecule has 5 nitrogen and oxygen atoms in total. The maximum absolute atomic E-state index is 12.4. The first kappa shape index (κ1) is 17.8. The molecule has 1 heterocycles. The summed E-state index contributed by atoms with van der Waals surface area (Å²) in [7, 11) is 0. The molecule has 0 saturated carbocycles. The standard InChI is InChI=1S/C19H23N3O2/c1-4-10-22(12-16-8-6-5-7-9-16)13-18(23)21-19-17(11-20)14(2)15(3)24-19/h5-9H,4,10,12-13H2,1-3H3,(H,21,23). The van der Waals surface area contributed by atoms with Gasteiger partial charge in [-0.2, -0.15) is 5.26 Å². The minimum Gasteiger partial charge on any atom is -0.444 e. The Kier molecular flexibility index (Phi) is 6.16. The average molecular weight is 325 g/mol. The highest BCUT2D eigenvalue weighted by Crippen LogP contribution is 2.25. The van der Waals surface area contributed by atoms with Gasteiger partial charge in [0, 0.05) is 12.1 Å². The third-order valence-corrected chi connectivity index (χ3v) is 3.91. The molecule has 1 amide bonds. The maximum Gasteiger partial charge on any atom is 0.240 e. The molecule has 24 heavy (non-hydrogen) atoms. The number of nitriles is 1. The molecule has 0 aliphatic heterocycles. The lowest BCUT2D eigenvalue weighted by molar-refractivity contribution is -0.117. The molecular formula is C19H23N3O2. The Morgan fingerprint density at radius 2 is 2.00 bits per heavy atom. The van der Waals surface area contributed by atoms with Crippen molar-refractivity contribution in [3.05, 3.63) is 52.8 Å². The molecule has 0 spiro atoms. The number of rotatable bonds is 7. The lowest BCUT2D eigenvalue weighted by Crippen LogP contribution is -2.33. The van der Waals surface area contributed by atoms with Crippen LogP contribution in [0.1, 0.15) is 35.8 Å². The SMILES string of the molecule is CCCN(CC(=O)Nc1oc(C)c(C)c1C#N)Cc1ccccc1. The minimum atomic E-state index is -0.176. The number of aryl methyl sites for hydroxylation is 1. The van der Waals surface area contributed by atoms with Crippen LogP contribution in [0.5, 0.6) is 0 Å². The summed E-state index contributed by atoms with van der Waals surface area (Å²) in [4.78, 5) is 14.4. The van der Waals surface area contributed by atoms with Crippen LogP contribution >= 0.6 is 0 Å². The van der Waals surface area contributed by atoms with Gasteiger partial charge in [0.1, 0.15) is 17.4 Å². The van der Waals surface area contributed by atoms with Gasteiger partial charge >= 0.3 is 0 Å². The molecule has 1 aromatic heterocycles. The molecule has 0 aliphatic rings. The van der Waals surface area contributed by atoms with E-state index in [1.807, 2.05) is 37.3 Å². The van der Waals surface area contributed by atoms with Crippen molar-refractivity contribution >= 4 is 11.8 Å². The Bertz CT molecular complexity index is 729. The Morgan fingerprint density at radius 1 is 1.29 bits per heavy atom. The second kappa shape index (κ2) is 8.32. The molecule has 0 unspecified atom stereocenters. The van der Waals surface area contributed by atoms with Crippen molar-refractivity contribution in [2.75, 3.05) is 18.4 Å². The van der Waals surface area contributed by atoms with Gasteiger partial charge in [-0.3, -0.25) is 15.0 Å². The van der Waals surface area contributed by atoms with Crippen LogP contribution in [-0.2, 0) is 11.3 Å². The Labute approximate surface area is 142 Å². The summed E-state index contributed by atoms with van der Waals surface area (Å²) in [6, 6.07) is 12.1. The molecule has 1 aromatic carbocycles. The summed E-state index contributed by atoms with van der Waals surface area (Å²) in [6.07, 6.45) is 0.961. The molecule has 2 rings (SSSR count). The van der Waals surface area contributed by atoms with Crippen molar-refractivity contribution in [1.29, 1.82) is 5.26 Å². The molecular weight excluding hydrogens is 302 g/mol. The number of benzene rings is 1. The summed E-state index contributed by atoms with van der Waals surface area (Å²) in [5.74, 6) is 0.717. The largest absolute Gasteiger partial charge is 0.444 e. The van der Waals surface area contributed by atoms with E-state index in [-0.39, 0.29) is 18.3 Å². The van der Waals surface area contributed by atoms with Gasteiger partial charge in [-0.1, -0.05) is 37.3 Å². The van der Waals surface area contributed by atoms with Crippen LogP contribution in [0, 0.1) is 25.2 Å². The summed E-state index contributed by atoms with van der Waals surface area (Å²) in [5, 5.41) is 11.9. The number of anilines is 1. The van der Waals surface area contributed by atoms with E-state index in [2.05, 4.69) is 23.2 Å². The maximum atomic E-state index is 12.4. The molecule has 0 bridgehead atoms. The van der Waals surface area contributed by atoms with Crippen molar-refractivity contribution < 1.29 is 9.21 Å². The fourth-order valence-electron chi connectivity index (χ4n) is 2.59. The fraction of sp³-hybridized carbons (Fsp3) is 0.368. The predicted molar refractivity (Wildman–Crippen MR) is 93.5 cm³/mol. The van der Waals surface area contributed by atoms with E-state index in [0.29, 0.717) is 17.9 Å². The van der Waals surface area contributed by atoms with Gasteiger partial charge in [0.2, 0.25) is 11.8 Å². The first-order valence-electron chi connectivity index (χ1n) is 8.11. The second-order valence-corrected chi connectivity index (χ2v) is 5.84. The number of furan rings is 1. The second-order valence-electron chi connectivity index (χ2n) is 5.84. The molecule has 0 aliphatic carbocycles. The van der Waals surface area contributed by atoms with E-state index in [9.17, 15) is 10.1 Å². The summed E-state index contributed by atoms with van der Waals surface area (Å²) in [5.41, 5.74) is 2.33. The van der Waals surface area contributed by atoms with Crippen LogP contribution in [0.2, 0.25) is 0 Å². The number of hydrogen-bond acceptors (Lipinski definition) is 4. The minimum absolute atomic E-state index is 0.176. The van der Waals surface area contributed by atoms with E-state index in [1.165, 1.54) is 5.56 Å². The fourth-order valence-corrected chi connectivity index (χ4v) is 2.59. The van der Waals surface area contributed by atoms with Gasteiger partial charge in [-0.15, -0.1) is 0 Å². The zero-order chi connectivity index (χ0) is 17.5. The molecule has 0 fully saturated rings. The van der Waals surface area contributed by atoms with Crippen LogP contribution < -0.4 is 5.32 Å². The van der Waals surface area contributed by atoms with Gasteiger partial charge in [0.05, 0.1) is 6.54 Å². The number of carbonyl (C=O) groups is 1. The molecule has 2 aromatic rings. The zero-order valence-electron chi connectivity index (χ0n) is 14.4. The third-order valence-electron chi connectivity index (χ3n) is 3.91. The van der Waals surface area contributed by atoms with E-state index in [1.54, 1.807) is 6.92 Å². The highest BCUT2D eigenvalue weighted by Gasteiger charge is 2.18. The van der Waals surface area contributed by atoms with Crippen LogP contribution in [0.4, 0.5) is 5.88 Å². The predicted octanol–water partition coefficient (Wildman–Crippen LogP) is 3.62. The zero-order valence-corrected chi connectivity index (χ0v) is 14.4. The topological polar surface area (TPSA) is 69.3 Å². The number of nitrogens with zero attached hydrogens (tertiary/aromatic N) is 2. The Balaban J connectivity index is 2.03. The van der Waals surface area contributed by atoms with Crippen molar-refractivity contribution in [3.8, 4) is 6.07 Å².